The predicted molar refractivity (Wildman–Crippen MR) is 42.0 cm³/mol. The van der Waals surface area contributed by atoms with Gasteiger partial charge in [-0.15, -0.1) is 0 Å². The van der Waals surface area contributed by atoms with E-state index in [0.29, 0.717) is 0 Å². The predicted octanol–water partition coefficient (Wildman–Crippen LogP) is 0.645. The quantitative estimate of drug-likeness (QED) is 0.675. The van der Waals surface area contributed by atoms with Gasteiger partial charge in [-0.25, -0.2) is 0 Å². The van der Waals surface area contributed by atoms with Crippen LogP contribution in [-0.4, -0.2) is 12.5 Å². The Balaban J connectivity index is 2.35. The van der Waals surface area contributed by atoms with Crippen molar-refractivity contribution < 1.29 is 4.79 Å². The standard InChI is InChI=1S/C6H8N2OS/c7-6(9)3-8-5-1-2-10-4-5/h1-2,4,8H,3H2,(H2,7,9). The minimum absolute atomic E-state index is 0.205. The van der Waals surface area contributed by atoms with Gasteiger partial charge in [-0.3, -0.25) is 4.79 Å². The van der Waals surface area contributed by atoms with E-state index >= 15 is 0 Å². The first-order valence-electron chi connectivity index (χ1n) is 2.83. The van der Waals surface area contributed by atoms with Crippen LogP contribution in [0.4, 0.5) is 5.69 Å². The summed E-state index contributed by atoms with van der Waals surface area (Å²) in [7, 11) is 0. The molecule has 0 atom stereocenters. The van der Waals surface area contributed by atoms with Gasteiger partial charge in [0.2, 0.25) is 5.91 Å². The van der Waals surface area contributed by atoms with Gasteiger partial charge < -0.3 is 11.1 Å². The number of nitrogens with two attached hydrogens (primary N) is 1. The number of amides is 1. The molecule has 0 aliphatic heterocycles. The third-order valence-corrected chi connectivity index (χ3v) is 1.67. The average Bonchev–Trinajstić information content (AvgIpc) is 2.34. The van der Waals surface area contributed by atoms with Gasteiger partial charge in [-0.2, -0.15) is 11.3 Å². The van der Waals surface area contributed by atoms with Gasteiger partial charge in [0.05, 0.1) is 6.54 Å². The van der Waals surface area contributed by atoms with E-state index in [1.807, 2.05) is 16.8 Å². The third-order valence-electron chi connectivity index (χ3n) is 0.988. The van der Waals surface area contributed by atoms with Crippen molar-refractivity contribution in [3.05, 3.63) is 16.8 Å². The maximum Gasteiger partial charge on any atom is 0.236 e. The second-order valence-corrected chi connectivity index (χ2v) is 2.61. The van der Waals surface area contributed by atoms with Crippen LogP contribution in [0.15, 0.2) is 16.8 Å². The molecule has 3 N–H and O–H groups in total. The Kier molecular flexibility index (Phi) is 2.28. The largest absolute Gasteiger partial charge is 0.375 e. The van der Waals surface area contributed by atoms with Gasteiger partial charge in [0.1, 0.15) is 0 Å². The highest BCUT2D eigenvalue weighted by Gasteiger charge is 1.93. The number of hydrogen-bond donors (Lipinski definition) is 2. The minimum atomic E-state index is -0.341. The lowest BCUT2D eigenvalue weighted by Gasteiger charge is -1.97. The summed E-state index contributed by atoms with van der Waals surface area (Å²) in [5.41, 5.74) is 5.86. The Hall–Kier alpha value is -1.03. The van der Waals surface area contributed by atoms with Crippen LogP contribution in [0, 0.1) is 0 Å². The SMILES string of the molecule is NC(=O)CNc1ccsc1. The Morgan fingerprint density at radius 2 is 2.60 bits per heavy atom. The number of thiophene rings is 1. The molecule has 0 bridgehead atoms. The van der Waals surface area contributed by atoms with Crippen LogP contribution in [-0.2, 0) is 4.79 Å². The minimum Gasteiger partial charge on any atom is -0.375 e. The Morgan fingerprint density at radius 3 is 3.10 bits per heavy atom. The van der Waals surface area contributed by atoms with E-state index in [1.54, 1.807) is 11.3 Å². The second kappa shape index (κ2) is 3.22. The molecule has 0 fully saturated rings. The zero-order valence-electron chi connectivity index (χ0n) is 5.33. The molecule has 4 heteroatoms. The molecule has 0 unspecified atom stereocenters. The highest BCUT2D eigenvalue weighted by molar-refractivity contribution is 7.08. The van der Waals surface area contributed by atoms with E-state index in [0.717, 1.165) is 5.69 Å². The number of primary amides is 1. The molecule has 0 aliphatic rings. The summed E-state index contributed by atoms with van der Waals surface area (Å²) in [6, 6.07) is 1.90. The summed E-state index contributed by atoms with van der Waals surface area (Å²) in [6.45, 7) is 0.205. The van der Waals surface area contributed by atoms with Gasteiger partial charge >= 0.3 is 0 Å². The lowest BCUT2D eigenvalue weighted by Crippen LogP contribution is -2.21. The van der Waals surface area contributed by atoms with Crippen LogP contribution in [0.1, 0.15) is 0 Å². The molecule has 1 aromatic heterocycles. The number of nitrogens with one attached hydrogen (secondary N) is 1. The summed E-state index contributed by atoms with van der Waals surface area (Å²) in [5.74, 6) is -0.341. The highest BCUT2D eigenvalue weighted by atomic mass is 32.1. The number of carbonyl (C=O) groups is 1. The van der Waals surface area contributed by atoms with Crippen LogP contribution in [0.3, 0.4) is 0 Å². The maximum absolute atomic E-state index is 10.3. The molecular formula is C6H8N2OS. The first kappa shape index (κ1) is 7.08. The lowest BCUT2D eigenvalue weighted by molar-refractivity contribution is -0.116. The molecule has 0 aromatic carbocycles. The summed E-state index contributed by atoms with van der Waals surface area (Å²) >= 11 is 1.58. The molecule has 0 saturated carbocycles. The molecule has 1 aromatic rings. The van der Waals surface area contributed by atoms with Gasteiger partial charge in [0.15, 0.2) is 0 Å². The summed E-state index contributed by atoms with van der Waals surface area (Å²) < 4.78 is 0. The van der Waals surface area contributed by atoms with E-state index in [9.17, 15) is 4.79 Å². The van der Waals surface area contributed by atoms with Gasteiger partial charge in [-0.05, 0) is 11.4 Å². The van der Waals surface area contributed by atoms with Crippen LogP contribution in [0.5, 0.6) is 0 Å². The summed E-state index contributed by atoms with van der Waals surface area (Å²) in [6.07, 6.45) is 0. The maximum atomic E-state index is 10.3. The van der Waals surface area contributed by atoms with E-state index < -0.39 is 0 Å². The summed E-state index contributed by atoms with van der Waals surface area (Å²) in [4.78, 5) is 10.3. The van der Waals surface area contributed by atoms with Gasteiger partial charge in [0.25, 0.3) is 0 Å². The Labute approximate surface area is 62.9 Å². The number of hydrogen-bond acceptors (Lipinski definition) is 3. The molecule has 0 radical (unpaired) electrons. The van der Waals surface area contributed by atoms with Crippen molar-refractivity contribution in [2.24, 2.45) is 5.73 Å². The molecule has 3 nitrogen and oxygen atoms in total. The van der Waals surface area contributed by atoms with Crippen LogP contribution >= 0.6 is 11.3 Å². The first-order valence-corrected chi connectivity index (χ1v) is 3.77. The fraction of sp³-hybridized carbons (Fsp3) is 0.167. The number of rotatable bonds is 3. The van der Waals surface area contributed by atoms with Crippen molar-refractivity contribution in [1.82, 2.24) is 0 Å². The third kappa shape index (κ3) is 2.06. The molecular weight excluding hydrogens is 148 g/mol. The molecule has 54 valence electrons. The molecule has 0 saturated heterocycles. The van der Waals surface area contributed by atoms with Crippen LogP contribution in [0.2, 0.25) is 0 Å². The molecule has 1 amide bonds. The Bertz CT molecular complexity index is 208. The van der Waals surface area contributed by atoms with E-state index in [-0.39, 0.29) is 12.5 Å². The zero-order chi connectivity index (χ0) is 7.40. The van der Waals surface area contributed by atoms with E-state index in [2.05, 4.69) is 5.32 Å². The number of carbonyl (C=O) groups excluding carboxylic acids is 1. The molecule has 0 spiro atoms. The van der Waals surface area contributed by atoms with Gasteiger partial charge in [0, 0.05) is 11.1 Å². The normalized spacial score (nSPS) is 9.20. The van der Waals surface area contributed by atoms with E-state index in [4.69, 9.17) is 5.73 Å². The monoisotopic (exact) mass is 156 g/mol. The molecule has 10 heavy (non-hydrogen) atoms. The fourth-order valence-electron chi connectivity index (χ4n) is 0.554. The molecule has 1 heterocycles. The Morgan fingerprint density at radius 1 is 1.80 bits per heavy atom. The van der Waals surface area contributed by atoms with Crippen molar-refractivity contribution in [2.45, 2.75) is 0 Å². The topological polar surface area (TPSA) is 55.1 Å². The van der Waals surface area contributed by atoms with Gasteiger partial charge in [-0.1, -0.05) is 0 Å². The van der Waals surface area contributed by atoms with E-state index in [1.165, 1.54) is 0 Å². The smallest absolute Gasteiger partial charge is 0.236 e. The van der Waals surface area contributed by atoms with Crippen LogP contribution < -0.4 is 11.1 Å². The zero-order valence-corrected chi connectivity index (χ0v) is 6.15. The number of anilines is 1. The fourth-order valence-corrected chi connectivity index (χ4v) is 1.17. The summed E-state index contributed by atoms with van der Waals surface area (Å²) in [5, 5.41) is 6.71. The van der Waals surface area contributed by atoms with Crippen molar-refractivity contribution >= 4 is 22.9 Å². The van der Waals surface area contributed by atoms with Crippen LogP contribution in [0.25, 0.3) is 0 Å². The second-order valence-electron chi connectivity index (χ2n) is 1.83. The average molecular weight is 156 g/mol. The van der Waals surface area contributed by atoms with Crippen molar-refractivity contribution in [2.75, 3.05) is 11.9 Å². The first-order chi connectivity index (χ1) is 4.79. The lowest BCUT2D eigenvalue weighted by atomic mass is 10.5. The van der Waals surface area contributed by atoms with Crippen molar-refractivity contribution in [3.8, 4) is 0 Å². The highest BCUT2D eigenvalue weighted by Crippen LogP contribution is 2.10. The molecule has 1 rings (SSSR count). The van der Waals surface area contributed by atoms with Crippen molar-refractivity contribution in [3.63, 3.8) is 0 Å². The molecule has 0 aliphatic carbocycles. The van der Waals surface area contributed by atoms with Crippen molar-refractivity contribution in [1.29, 1.82) is 0 Å².